The van der Waals surface area contributed by atoms with Crippen molar-refractivity contribution in [3.05, 3.63) is 40.3 Å². The molecule has 66 valence electrons. The number of hydrogen-bond acceptors (Lipinski definition) is 3. The minimum absolute atomic E-state index is 0.150. The molecule has 0 bridgehead atoms. The first-order valence-electron chi connectivity index (χ1n) is 3.92. The number of nitrogen functional groups attached to an aromatic ring is 1. The molecule has 4 nitrogen and oxygen atoms in total. The molecule has 13 heavy (non-hydrogen) atoms. The molecule has 0 spiro atoms. The highest BCUT2D eigenvalue weighted by atomic mass is 16.1. The maximum absolute atomic E-state index is 11.4. The number of pyridine rings is 1. The third-order valence-electron chi connectivity index (χ3n) is 1.84. The summed E-state index contributed by atoms with van der Waals surface area (Å²) in [6.45, 7) is 1.94. The van der Waals surface area contributed by atoms with Crippen molar-refractivity contribution in [2.24, 2.45) is 0 Å². The molecule has 0 aliphatic carbocycles. The van der Waals surface area contributed by atoms with E-state index < -0.39 is 0 Å². The van der Waals surface area contributed by atoms with Gasteiger partial charge in [-0.1, -0.05) is 0 Å². The molecule has 0 unspecified atom stereocenters. The fourth-order valence-corrected chi connectivity index (χ4v) is 1.22. The minimum atomic E-state index is -0.150. The van der Waals surface area contributed by atoms with Gasteiger partial charge in [-0.3, -0.25) is 9.20 Å². The molecular formula is C9H9N3O. The average molecular weight is 175 g/mol. The highest BCUT2D eigenvalue weighted by molar-refractivity contribution is 5.45. The number of fused-ring (bicyclic) bond motifs is 1. The van der Waals surface area contributed by atoms with Crippen LogP contribution in [-0.2, 0) is 0 Å². The molecule has 0 saturated carbocycles. The lowest BCUT2D eigenvalue weighted by molar-refractivity contribution is 1.04. The Hall–Kier alpha value is -1.84. The fraction of sp³-hybridized carbons (Fsp3) is 0.111. The first-order chi connectivity index (χ1) is 6.16. The van der Waals surface area contributed by atoms with Crippen LogP contribution in [0.5, 0.6) is 0 Å². The zero-order chi connectivity index (χ0) is 9.42. The van der Waals surface area contributed by atoms with Crippen molar-refractivity contribution in [3.63, 3.8) is 0 Å². The second-order valence-corrected chi connectivity index (χ2v) is 2.95. The molecular weight excluding hydrogens is 166 g/mol. The number of nitrogens with two attached hydrogens (primary N) is 1. The van der Waals surface area contributed by atoms with Gasteiger partial charge >= 0.3 is 0 Å². The largest absolute Gasteiger partial charge is 0.383 e. The third kappa shape index (κ3) is 1.26. The van der Waals surface area contributed by atoms with Gasteiger partial charge in [0.15, 0.2) is 0 Å². The van der Waals surface area contributed by atoms with Crippen LogP contribution >= 0.6 is 0 Å². The van der Waals surface area contributed by atoms with Crippen LogP contribution in [-0.4, -0.2) is 9.38 Å². The number of rotatable bonds is 0. The van der Waals surface area contributed by atoms with E-state index in [4.69, 9.17) is 5.73 Å². The van der Waals surface area contributed by atoms with Crippen LogP contribution in [0.25, 0.3) is 5.65 Å². The first-order valence-corrected chi connectivity index (χ1v) is 3.92. The fourth-order valence-electron chi connectivity index (χ4n) is 1.22. The van der Waals surface area contributed by atoms with Crippen molar-refractivity contribution in [3.8, 4) is 0 Å². The van der Waals surface area contributed by atoms with E-state index in [1.807, 2.05) is 19.1 Å². The van der Waals surface area contributed by atoms with Crippen LogP contribution in [0, 0.1) is 6.92 Å². The van der Waals surface area contributed by atoms with E-state index in [9.17, 15) is 4.79 Å². The number of aromatic nitrogens is 2. The summed E-state index contributed by atoms with van der Waals surface area (Å²) in [4.78, 5) is 15.4. The minimum Gasteiger partial charge on any atom is -0.383 e. The summed E-state index contributed by atoms with van der Waals surface area (Å²) in [7, 11) is 0. The van der Waals surface area contributed by atoms with Crippen molar-refractivity contribution in [2.45, 2.75) is 6.92 Å². The average Bonchev–Trinajstić information content (AvgIpc) is 2.02. The zero-order valence-electron chi connectivity index (χ0n) is 7.19. The highest BCUT2D eigenvalue weighted by Gasteiger charge is 1.98. The summed E-state index contributed by atoms with van der Waals surface area (Å²) in [5.41, 5.74) is 6.94. The topological polar surface area (TPSA) is 60.4 Å². The Morgan fingerprint density at radius 1 is 1.46 bits per heavy atom. The Morgan fingerprint density at radius 2 is 2.23 bits per heavy atom. The molecule has 2 heterocycles. The molecule has 0 amide bonds. The molecule has 2 N–H and O–H groups in total. The Kier molecular flexibility index (Phi) is 1.55. The molecule has 0 fully saturated rings. The van der Waals surface area contributed by atoms with Crippen molar-refractivity contribution in [1.29, 1.82) is 0 Å². The van der Waals surface area contributed by atoms with E-state index in [0.29, 0.717) is 5.65 Å². The highest BCUT2D eigenvalue weighted by Crippen LogP contribution is 2.02. The standard InChI is InChI=1S/C9H9N3O/c1-6-2-3-12-8(4-6)11-7(10)5-9(12)13/h2-5H,10H2,1H3. The molecule has 4 heteroatoms. The SMILES string of the molecule is Cc1ccn2c(=O)cc(N)nc2c1. The lowest BCUT2D eigenvalue weighted by atomic mass is 10.3. The lowest BCUT2D eigenvalue weighted by Crippen LogP contribution is -2.14. The quantitative estimate of drug-likeness (QED) is 0.637. The third-order valence-corrected chi connectivity index (χ3v) is 1.84. The predicted molar refractivity (Wildman–Crippen MR) is 50.6 cm³/mol. The Balaban J connectivity index is 2.95. The van der Waals surface area contributed by atoms with Gasteiger partial charge in [0.25, 0.3) is 5.56 Å². The van der Waals surface area contributed by atoms with Crippen molar-refractivity contribution in [2.75, 3.05) is 5.73 Å². The number of anilines is 1. The summed E-state index contributed by atoms with van der Waals surface area (Å²) >= 11 is 0. The van der Waals surface area contributed by atoms with Gasteiger partial charge in [-0.2, -0.15) is 0 Å². The molecule has 0 aliphatic heterocycles. The van der Waals surface area contributed by atoms with E-state index >= 15 is 0 Å². The van der Waals surface area contributed by atoms with Crippen molar-refractivity contribution in [1.82, 2.24) is 9.38 Å². The Labute approximate surface area is 74.6 Å². The summed E-state index contributed by atoms with van der Waals surface area (Å²) < 4.78 is 1.46. The monoisotopic (exact) mass is 175 g/mol. The number of nitrogens with zero attached hydrogens (tertiary/aromatic N) is 2. The van der Waals surface area contributed by atoms with E-state index in [-0.39, 0.29) is 11.4 Å². The maximum atomic E-state index is 11.4. The Bertz CT molecular complexity index is 510. The molecule has 0 aromatic carbocycles. The van der Waals surface area contributed by atoms with Crippen LogP contribution < -0.4 is 11.3 Å². The van der Waals surface area contributed by atoms with E-state index in [1.54, 1.807) is 6.20 Å². The molecule has 0 aliphatic rings. The van der Waals surface area contributed by atoms with Crippen LogP contribution in [0.3, 0.4) is 0 Å². The summed E-state index contributed by atoms with van der Waals surface area (Å²) in [6.07, 6.45) is 1.69. The van der Waals surface area contributed by atoms with E-state index in [2.05, 4.69) is 4.98 Å². The van der Waals surface area contributed by atoms with Gasteiger partial charge in [-0.15, -0.1) is 0 Å². The molecule has 2 rings (SSSR count). The van der Waals surface area contributed by atoms with Gasteiger partial charge in [0, 0.05) is 12.3 Å². The van der Waals surface area contributed by atoms with Crippen LogP contribution in [0.2, 0.25) is 0 Å². The molecule has 2 aromatic rings. The second-order valence-electron chi connectivity index (χ2n) is 2.95. The van der Waals surface area contributed by atoms with E-state index in [1.165, 1.54) is 10.5 Å². The number of hydrogen-bond donors (Lipinski definition) is 1. The van der Waals surface area contributed by atoms with E-state index in [0.717, 1.165) is 5.56 Å². The lowest BCUT2D eigenvalue weighted by Gasteiger charge is -2.00. The summed E-state index contributed by atoms with van der Waals surface area (Å²) in [5.74, 6) is 0.260. The normalized spacial score (nSPS) is 10.5. The Morgan fingerprint density at radius 3 is 3.00 bits per heavy atom. The zero-order valence-corrected chi connectivity index (χ0v) is 7.19. The number of aryl methyl sites for hydroxylation is 1. The van der Waals surface area contributed by atoms with Gasteiger partial charge in [-0.05, 0) is 24.6 Å². The first kappa shape index (κ1) is 7.79. The predicted octanol–water partition coefficient (Wildman–Crippen LogP) is 0.585. The maximum Gasteiger partial charge on any atom is 0.259 e. The molecule has 0 saturated heterocycles. The molecule has 2 aromatic heterocycles. The smallest absolute Gasteiger partial charge is 0.259 e. The van der Waals surface area contributed by atoms with Gasteiger partial charge in [0.05, 0.1) is 0 Å². The second kappa shape index (κ2) is 2.58. The van der Waals surface area contributed by atoms with Gasteiger partial charge in [0.2, 0.25) is 0 Å². The van der Waals surface area contributed by atoms with Crippen molar-refractivity contribution < 1.29 is 0 Å². The summed E-state index contributed by atoms with van der Waals surface area (Å²) in [6, 6.07) is 4.98. The van der Waals surface area contributed by atoms with Crippen LogP contribution in [0.15, 0.2) is 29.2 Å². The van der Waals surface area contributed by atoms with Gasteiger partial charge in [0.1, 0.15) is 11.5 Å². The van der Waals surface area contributed by atoms with Gasteiger partial charge in [-0.25, -0.2) is 4.98 Å². The van der Waals surface area contributed by atoms with Crippen molar-refractivity contribution >= 4 is 11.5 Å². The van der Waals surface area contributed by atoms with Crippen LogP contribution in [0.4, 0.5) is 5.82 Å². The van der Waals surface area contributed by atoms with Crippen LogP contribution in [0.1, 0.15) is 5.56 Å². The summed E-state index contributed by atoms with van der Waals surface area (Å²) in [5, 5.41) is 0. The van der Waals surface area contributed by atoms with Gasteiger partial charge < -0.3 is 5.73 Å². The molecule has 0 atom stereocenters. The molecule has 0 radical (unpaired) electrons.